The lowest BCUT2D eigenvalue weighted by molar-refractivity contribution is -0.149. The van der Waals surface area contributed by atoms with Gasteiger partial charge < -0.3 is 21.1 Å². The van der Waals surface area contributed by atoms with Crippen LogP contribution in [0.15, 0.2) is 0 Å². The molecular weight excluding hydrogens is 274 g/mol. The first kappa shape index (κ1) is 17.3. The quantitative estimate of drug-likeness (QED) is 0.677. The summed E-state index contributed by atoms with van der Waals surface area (Å²) in [5, 5.41) is 12.0. The van der Waals surface area contributed by atoms with E-state index in [2.05, 4.69) is 5.32 Å². The van der Waals surface area contributed by atoms with Crippen molar-refractivity contribution in [2.24, 2.45) is 11.1 Å². The van der Waals surface area contributed by atoms with Gasteiger partial charge in [0.05, 0.1) is 5.41 Å². The Morgan fingerprint density at radius 2 is 1.90 bits per heavy atom. The molecule has 7 nitrogen and oxygen atoms in total. The predicted molar refractivity (Wildman–Crippen MR) is 77.6 cm³/mol. The fourth-order valence-corrected chi connectivity index (χ4v) is 2.69. The van der Waals surface area contributed by atoms with E-state index in [9.17, 15) is 19.5 Å². The molecule has 4 N–H and O–H groups in total. The first-order valence-electron chi connectivity index (χ1n) is 7.45. The molecule has 1 rings (SSSR count). The minimum Gasteiger partial charge on any atom is -0.481 e. The molecule has 0 aromatic rings. The number of carboxylic acids is 1. The van der Waals surface area contributed by atoms with Gasteiger partial charge in [-0.1, -0.05) is 13.8 Å². The lowest BCUT2D eigenvalue weighted by Crippen LogP contribution is -2.55. The van der Waals surface area contributed by atoms with E-state index < -0.39 is 29.4 Å². The van der Waals surface area contributed by atoms with Crippen molar-refractivity contribution in [2.75, 3.05) is 13.1 Å². The van der Waals surface area contributed by atoms with Crippen LogP contribution in [0.2, 0.25) is 0 Å². The fraction of sp³-hybridized carbons (Fsp3) is 0.786. The average molecular weight is 299 g/mol. The number of nitrogens with one attached hydrogen (secondary N) is 1. The third-order valence-corrected chi connectivity index (χ3v) is 4.48. The molecule has 1 aliphatic heterocycles. The molecule has 1 saturated heterocycles. The number of rotatable bonds is 6. The van der Waals surface area contributed by atoms with E-state index in [4.69, 9.17) is 5.73 Å². The number of hydrogen-bond acceptors (Lipinski definition) is 3. The number of piperidine rings is 1. The number of amides is 3. The van der Waals surface area contributed by atoms with Gasteiger partial charge in [-0.05, 0) is 32.1 Å². The molecular formula is C14H25N3O4. The molecule has 0 aromatic heterocycles. The summed E-state index contributed by atoms with van der Waals surface area (Å²) in [6.07, 6.45) is 3.11. The standard InChI is InChI=1S/C14H25N3O4/c1-3-14(4-2,12(19)20)9-16-13(21)17-8-6-5-7-10(17)11(15)18/h10H,3-9H2,1-2H3,(H2,15,18)(H,16,21)(H,19,20). The SMILES string of the molecule is CCC(CC)(CNC(=O)N1CCCCC1C(N)=O)C(=O)O. The topological polar surface area (TPSA) is 113 Å². The number of carbonyl (C=O) groups excluding carboxylic acids is 2. The molecule has 3 amide bonds. The summed E-state index contributed by atoms with van der Waals surface area (Å²) in [4.78, 5) is 36.5. The van der Waals surface area contributed by atoms with Gasteiger partial charge in [0.1, 0.15) is 6.04 Å². The van der Waals surface area contributed by atoms with Crippen LogP contribution in [0.4, 0.5) is 4.79 Å². The Kier molecular flexibility index (Phi) is 5.99. The zero-order chi connectivity index (χ0) is 16.0. The summed E-state index contributed by atoms with van der Waals surface area (Å²) in [6.45, 7) is 4.10. The maximum atomic E-state index is 12.2. The van der Waals surface area contributed by atoms with Crippen LogP contribution in [0.5, 0.6) is 0 Å². The minimum atomic E-state index is -0.965. The summed E-state index contributed by atoms with van der Waals surface area (Å²) < 4.78 is 0. The van der Waals surface area contributed by atoms with Gasteiger partial charge in [-0.2, -0.15) is 0 Å². The summed E-state index contributed by atoms with van der Waals surface area (Å²) in [5.41, 5.74) is 4.36. The Morgan fingerprint density at radius 3 is 2.38 bits per heavy atom. The molecule has 0 bridgehead atoms. The van der Waals surface area contributed by atoms with E-state index in [0.717, 1.165) is 12.8 Å². The van der Waals surface area contributed by atoms with Crippen LogP contribution >= 0.6 is 0 Å². The van der Waals surface area contributed by atoms with Crippen molar-refractivity contribution in [3.8, 4) is 0 Å². The van der Waals surface area contributed by atoms with Gasteiger partial charge in [0.15, 0.2) is 0 Å². The minimum absolute atomic E-state index is 0.0517. The Bertz CT molecular complexity index is 407. The molecule has 21 heavy (non-hydrogen) atoms. The Balaban J connectivity index is 2.71. The van der Waals surface area contributed by atoms with E-state index in [1.807, 2.05) is 0 Å². The van der Waals surface area contributed by atoms with Gasteiger partial charge in [-0.25, -0.2) is 4.79 Å². The first-order chi connectivity index (χ1) is 9.88. The van der Waals surface area contributed by atoms with Gasteiger partial charge in [-0.3, -0.25) is 9.59 Å². The summed E-state index contributed by atoms with van der Waals surface area (Å²) in [7, 11) is 0. The summed E-state index contributed by atoms with van der Waals surface area (Å²) >= 11 is 0. The molecule has 1 heterocycles. The van der Waals surface area contributed by atoms with Crippen LogP contribution in [0.3, 0.4) is 0 Å². The zero-order valence-corrected chi connectivity index (χ0v) is 12.7. The normalized spacial score (nSPS) is 19.1. The Hall–Kier alpha value is -1.79. The number of nitrogens with two attached hydrogens (primary N) is 1. The Morgan fingerprint density at radius 1 is 1.29 bits per heavy atom. The van der Waals surface area contributed by atoms with E-state index >= 15 is 0 Å². The molecule has 120 valence electrons. The smallest absolute Gasteiger partial charge is 0.318 e. The van der Waals surface area contributed by atoms with Crippen LogP contribution in [0.1, 0.15) is 46.0 Å². The van der Waals surface area contributed by atoms with E-state index in [1.54, 1.807) is 13.8 Å². The molecule has 0 aromatic carbocycles. The predicted octanol–water partition coefficient (Wildman–Crippen LogP) is 0.927. The van der Waals surface area contributed by atoms with Crippen molar-refractivity contribution in [2.45, 2.75) is 52.0 Å². The van der Waals surface area contributed by atoms with Crippen molar-refractivity contribution < 1.29 is 19.5 Å². The number of aliphatic carboxylic acids is 1. The highest BCUT2D eigenvalue weighted by Gasteiger charge is 2.37. The second kappa shape index (κ2) is 7.28. The zero-order valence-electron chi connectivity index (χ0n) is 12.7. The number of carbonyl (C=O) groups is 3. The average Bonchev–Trinajstić information content (AvgIpc) is 2.48. The molecule has 1 fully saturated rings. The van der Waals surface area contributed by atoms with Crippen molar-refractivity contribution in [1.29, 1.82) is 0 Å². The number of urea groups is 1. The highest BCUT2D eigenvalue weighted by atomic mass is 16.4. The van der Waals surface area contributed by atoms with Crippen LogP contribution in [-0.2, 0) is 9.59 Å². The van der Waals surface area contributed by atoms with Crippen molar-refractivity contribution in [1.82, 2.24) is 10.2 Å². The first-order valence-corrected chi connectivity index (χ1v) is 7.45. The van der Waals surface area contributed by atoms with Gasteiger partial charge in [-0.15, -0.1) is 0 Å². The van der Waals surface area contributed by atoms with E-state index in [0.29, 0.717) is 25.8 Å². The highest BCUT2D eigenvalue weighted by Crippen LogP contribution is 2.26. The lowest BCUT2D eigenvalue weighted by Gasteiger charge is -2.35. The Labute approximate surface area is 124 Å². The maximum Gasteiger partial charge on any atom is 0.318 e. The van der Waals surface area contributed by atoms with Crippen molar-refractivity contribution in [3.63, 3.8) is 0 Å². The molecule has 0 saturated carbocycles. The second-order valence-corrected chi connectivity index (χ2v) is 5.56. The fourth-order valence-electron chi connectivity index (χ4n) is 2.69. The molecule has 7 heteroatoms. The van der Waals surface area contributed by atoms with Gasteiger partial charge in [0.25, 0.3) is 0 Å². The third kappa shape index (κ3) is 3.86. The largest absolute Gasteiger partial charge is 0.481 e. The molecule has 0 radical (unpaired) electrons. The summed E-state index contributed by atoms with van der Waals surface area (Å²) in [5.74, 6) is -1.43. The third-order valence-electron chi connectivity index (χ3n) is 4.48. The van der Waals surface area contributed by atoms with Gasteiger partial charge >= 0.3 is 12.0 Å². The molecule has 0 aliphatic carbocycles. The van der Waals surface area contributed by atoms with Crippen LogP contribution < -0.4 is 11.1 Å². The molecule has 1 atom stereocenters. The van der Waals surface area contributed by atoms with Crippen LogP contribution in [-0.4, -0.2) is 47.0 Å². The summed E-state index contributed by atoms with van der Waals surface area (Å²) in [6, 6.07) is -1.01. The number of nitrogens with zero attached hydrogens (tertiary/aromatic N) is 1. The number of hydrogen-bond donors (Lipinski definition) is 3. The second-order valence-electron chi connectivity index (χ2n) is 5.56. The molecule has 1 unspecified atom stereocenters. The van der Waals surface area contributed by atoms with E-state index in [1.165, 1.54) is 4.90 Å². The number of carboxylic acid groups (broad SMARTS) is 1. The number of primary amides is 1. The van der Waals surface area contributed by atoms with Gasteiger partial charge in [0.2, 0.25) is 5.91 Å². The number of likely N-dealkylation sites (tertiary alicyclic amines) is 1. The van der Waals surface area contributed by atoms with Crippen molar-refractivity contribution in [3.05, 3.63) is 0 Å². The van der Waals surface area contributed by atoms with Gasteiger partial charge in [0, 0.05) is 13.1 Å². The highest BCUT2D eigenvalue weighted by molar-refractivity contribution is 5.86. The molecule has 0 spiro atoms. The maximum absolute atomic E-state index is 12.2. The lowest BCUT2D eigenvalue weighted by atomic mass is 9.82. The van der Waals surface area contributed by atoms with Crippen LogP contribution in [0.25, 0.3) is 0 Å². The van der Waals surface area contributed by atoms with E-state index in [-0.39, 0.29) is 6.54 Å². The van der Waals surface area contributed by atoms with Crippen molar-refractivity contribution >= 4 is 17.9 Å². The molecule has 1 aliphatic rings. The van der Waals surface area contributed by atoms with Crippen LogP contribution in [0, 0.1) is 5.41 Å². The monoisotopic (exact) mass is 299 g/mol.